The van der Waals surface area contributed by atoms with Crippen LogP contribution in [0.3, 0.4) is 0 Å². The van der Waals surface area contributed by atoms with Crippen molar-refractivity contribution in [1.29, 1.82) is 0 Å². The van der Waals surface area contributed by atoms with Crippen LogP contribution in [-0.4, -0.2) is 30.7 Å². The summed E-state index contributed by atoms with van der Waals surface area (Å²) in [6.45, 7) is 3.50. The highest BCUT2D eigenvalue weighted by Crippen LogP contribution is 2.27. The lowest BCUT2D eigenvalue weighted by Gasteiger charge is -2.11. The summed E-state index contributed by atoms with van der Waals surface area (Å²) in [4.78, 5) is 24.3. The lowest BCUT2D eigenvalue weighted by molar-refractivity contribution is -0.119. The first-order valence-electron chi connectivity index (χ1n) is 9.32. The molecule has 9 heteroatoms. The molecule has 0 radical (unpaired) electrons. The van der Waals surface area contributed by atoms with Crippen LogP contribution in [0.1, 0.15) is 27.4 Å². The molecular formula is C22H21ClN2O6. The molecule has 1 amide bonds. The SMILES string of the molecule is COc1ccc(Cl)cc1NC(=O)COC(=O)c1ccc(OCc2c(C)noc2C)cc1. The van der Waals surface area contributed by atoms with Gasteiger partial charge in [-0.25, -0.2) is 4.79 Å². The number of amides is 1. The van der Waals surface area contributed by atoms with E-state index >= 15 is 0 Å². The van der Waals surface area contributed by atoms with Crippen molar-refractivity contribution in [2.45, 2.75) is 20.5 Å². The third-order valence-electron chi connectivity index (χ3n) is 4.42. The van der Waals surface area contributed by atoms with Crippen LogP contribution >= 0.6 is 11.6 Å². The molecule has 0 aliphatic carbocycles. The summed E-state index contributed by atoms with van der Waals surface area (Å²) >= 11 is 5.93. The minimum Gasteiger partial charge on any atom is -0.495 e. The molecule has 0 atom stereocenters. The van der Waals surface area contributed by atoms with Gasteiger partial charge in [-0.2, -0.15) is 0 Å². The number of carbonyl (C=O) groups excluding carboxylic acids is 2. The fourth-order valence-electron chi connectivity index (χ4n) is 2.73. The summed E-state index contributed by atoms with van der Waals surface area (Å²) in [5.41, 5.74) is 2.32. The van der Waals surface area contributed by atoms with Gasteiger partial charge in [0.05, 0.1) is 29.6 Å². The normalized spacial score (nSPS) is 10.5. The Morgan fingerprint density at radius 3 is 2.52 bits per heavy atom. The van der Waals surface area contributed by atoms with Gasteiger partial charge in [0.1, 0.15) is 23.9 Å². The van der Waals surface area contributed by atoms with Crippen molar-refractivity contribution in [1.82, 2.24) is 5.16 Å². The third kappa shape index (κ3) is 5.76. The second kappa shape index (κ2) is 9.99. The molecule has 3 aromatic rings. The minimum atomic E-state index is -0.634. The number of aromatic nitrogens is 1. The summed E-state index contributed by atoms with van der Waals surface area (Å²) < 4.78 is 21.0. The van der Waals surface area contributed by atoms with Gasteiger partial charge in [-0.1, -0.05) is 16.8 Å². The van der Waals surface area contributed by atoms with Gasteiger partial charge in [0.15, 0.2) is 6.61 Å². The van der Waals surface area contributed by atoms with Gasteiger partial charge in [0.25, 0.3) is 5.91 Å². The molecule has 1 aromatic heterocycles. The van der Waals surface area contributed by atoms with Gasteiger partial charge in [-0.05, 0) is 56.3 Å². The molecule has 2 aromatic carbocycles. The Labute approximate surface area is 184 Å². The zero-order valence-electron chi connectivity index (χ0n) is 17.2. The molecule has 1 N–H and O–H groups in total. The van der Waals surface area contributed by atoms with Crippen molar-refractivity contribution >= 4 is 29.2 Å². The average molecular weight is 445 g/mol. The van der Waals surface area contributed by atoms with E-state index in [9.17, 15) is 9.59 Å². The second-order valence-corrected chi connectivity index (χ2v) is 7.02. The van der Waals surface area contributed by atoms with E-state index in [1.165, 1.54) is 7.11 Å². The van der Waals surface area contributed by atoms with E-state index in [2.05, 4.69) is 10.5 Å². The van der Waals surface area contributed by atoms with E-state index in [-0.39, 0.29) is 5.56 Å². The maximum Gasteiger partial charge on any atom is 0.338 e. The van der Waals surface area contributed by atoms with Gasteiger partial charge in [-0.3, -0.25) is 4.79 Å². The fraction of sp³-hybridized carbons (Fsp3) is 0.227. The van der Waals surface area contributed by atoms with Crippen LogP contribution in [0, 0.1) is 13.8 Å². The van der Waals surface area contributed by atoms with Gasteiger partial charge < -0.3 is 24.1 Å². The van der Waals surface area contributed by atoms with Crippen LogP contribution in [0.2, 0.25) is 5.02 Å². The predicted octanol–water partition coefficient (Wildman–Crippen LogP) is 4.33. The van der Waals surface area contributed by atoms with Crippen molar-refractivity contribution < 1.29 is 28.3 Å². The van der Waals surface area contributed by atoms with Crippen LogP contribution in [0.5, 0.6) is 11.5 Å². The average Bonchev–Trinajstić information content (AvgIpc) is 3.08. The van der Waals surface area contributed by atoms with Crippen molar-refractivity contribution in [3.05, 3.63) is 70.1 Å². The number of ether oxygens (including phenoxy) is 3. The monoisotopic (exact) mass is 444 g/mol. The zero-order valence-corrected chi connectivity index (χ0v) is 18.0. The van der Waals surface area contributed by atoms with Crippen LogP contribution in [-0.2, 0) is 16.1 Å². The van der Waals surface area contributed by atoms with Crippen molar-refractivity contribution in [2.24, 2.45) is 0 Å². The van der Waals surface area contributed by atoms with Crippen molar-refractivity contribution in [3.63, 3.8) is 0 Å². The summed E-state index contributed by atoms with van der Waals surface area (Å²) in [6, 6.07) is 11.2. The molecule has 3 rings (SSSR count). The first kappa shape index (κ1) is 22.2. The van der Waals surface area contributed by atoms with Crippen LogP contribution in [0.4, 0.5) is 5.69 Å². The highest BCUT2D eigenvalue weighted by molar-refractivity contribution is 6.31. The van der Waals surface area contributed by atoms with Crippen molar-refractivity contribution in [3.8, 4) is 11.5 Å². The molecule has 31 heavy (non-hydrogen) atoms. The fourth-order valence-corrected chi connectivity index (χ4v) is 2.90. The van der Waals surface area contributed by atoms with E-state index in [1.54, 1.807) is 42.5 Å². The highest BCUT2D eigenvalue weighted by Gasteiger charge is 2.14. The summed E-state index contributed by atoms with van der Waals surface area (Å²) in [7, 11) is 1.47. The quantitative estimate of drug-likeness (QED) is 0.516. The Hall–Kier alpha value is -3.52. The number of anilines is 1. The highest BCUT2D eigenvalue weighted by atomic mass is 35.5. The van der Waals surface area contributed by atoms with Crippen molar-refractivity contribution in [2.75, 3.05) is 19.0 Å². The summed E-state index contributed by atoms with van der Waals surface area (Å²) in [6.07, 6.45) is 0. The lowest BCUT2D eigenvalue weighted by atomic mass is 10.2. The molecule has 0 spiro atoms. The second-order valence-electron chi connectivity index (χ2n) is 6.58. The topological polar surface area (TPSA) is 99.9 Å². The molecule has 0 fully saturated rings. The lowest BCUT2D eigenvalue weighted by Crippen LogP contribution is -2.21. The molecule has 1 heterocycles. The number of hydrogen-bond acceptors (Lipinski definition) is 7. The van der Waals surface area contributed by atoms with Gasteiger partial charge in [-0.15, -0.1) is 0 Å². The summed E-state index contributed by atoms with van der Waals surface area (Å²) in [5.74, 6) is 0.559. The first-order valence-corrected chi connectivity index (χ1v) is 9.70. The Balaban J connectivity index is 1.51. The number of hydrogen-bond donors (Lipinski definition) is 1. The summed E-state index contributed by atoms with van der Waals surface area (Å²) in [5, 5.41) is 6.91. The van der Waals surface area contributed by atoms with E-state index in [0.717, 1.165) is 11.3 Å². The standard InChI is InChI=1S/C22H21ClN2O6/c1-13-18(14(2)31-25-13)11-29-17-7-4-15(5-8-17)22(27)30-12-21(26)24-19-10-16(23)6-9-20(19)28-3/h4-10H,11-12H2,1-3H3,(H,24,26). The number of esters is 1. The molecule has 162 valence electrons. The van der Waals surface area contributed by atoms with E-state index in [0.29, 0.717) is 34.6 Å². The Morgan fingerprint density at radius 2 is 1.87 bits per heavy atom. The minimum absolute atomic E-state index is 0.290. The molecule has 0 aliphatic heterocycles. The Kier molecular flexibility index (Phi) is 7.15. The number of nitrogens with one attached hydrogen (secondary N) is 1. The largest absolute Gasteiger partial charge is 0.495 e. The molecule has 0 unspecified atom stereocenters. The molecule has 0 bridgehead atoms. The van der Waals surface area contributed by atoms with Gasteiger partial charge >= 0.3 is 5.97 Å². The van der Waals surface area contributed by atoms with Crippen LogP contribution in [0.15, 0.2) is 47.0 Å². The maximum atomic E-state index is 12.2. The number of rotatable bonds is 8. The third-order valence-corrected chi connectivity index (χ3v) is 4.66. The van der Waals surface area contributed by atoms with Gasteiger partial charge in [0.2, 0.25) is 0 Å². The molecule has 0 saturated heterocycles. The smallest absolute Gasteiger partial charge is 0.338 e. The number of carbonyl (C=O) groups is 2. The number of halogens is 1. The number of methoxy groups -OCH3 is 1. The first-order chi connectivity index (χ1) is 14.9. The number of benzene rings is 2. The van der Waals surface area contributed by atoms with E-state index in [4.69, 9.17) is 30.3 Å². The Morgan fingerprint density at radius 1 is 1.13 bits per heavy atom. The predicted molar refractivity (Wildman–Crippen MR) is 114 cm³/mol. The van der Waals surface area contributed by atoms with Gasteiger partial charge in [0, 0.05) is 5.02 Å². The zero-order chi connectivity index (χ0) is 22.4. The maximum absolute atomic E-state index is 12.2. The van der Waals surface area contributed by atoms with E-state index in [1.807, 2.05) is 13.8 Å². The molecule has 0 aliphatic rings. The molecule has 0 saturated carbocycles. The number of nitrogens with zero attached hydrogens (tertiary/aromatic N) is 1. The Bertz CT molecular complexity index is 1060. The molecule has 8 nitrogen and oxygen atoms in total. The van der Waals surface area contributed by atoms with Crippen LogP contribution < -0.4 is 14.8 Å². The molecular weight excluding hydrogens is 424 g/mol. The number of aryl methyl sites for hydroxylation is 2. The van der Waals surface area contributed by atoms with E-state index < -0.39 is 18.5 Å². The van der Waals surface area contributed by atoms with Crippen LogP contribution in [0.25, 0.3) is 0 Å².